The van der Waals surface area contributed by atoms with Crippen molar-refractivity contribution in [2.24, 2.45) is 0 Å². The lowest BCUT2D eigenvalue weighted by Crippen LogP contribution is -2.17. The Balaban J connectivity index is 1.14. The van der Waals surface area contributed by atoms with Crippen LogP contribution in [0.15, 0.2) is 231 Å². The maximum absolute atomic E-state index is 18.6. The summed E-state index contributed by atoms with van der Waals surface area (Å²) in [6.45, 7) is 26.7. The van der Waals surface area contributed by atoms with Crippen LogP contribution in [0.3, 0.4) is 0 Å². The number of hydrogen-bond donors (Lipinski definition) is 0. The van der Waals surface area contributed by atoms with Crippen LogP contribution in [0.25, 0.3) is 76.8 Å². The highest BCUT2D eigenvalue weighted by molar-refractivity contribution is 6.28. The van der Waals surface area contributed by atoms with E-state index in [1.54, 1.807) is 12.1 Å². The summed E-state index contributed by atoms with van der Waals surface area (Å²) in [6, 6.07) is 79.6. The first-order chi connectivity index (χ1) is 40.1. The highest BCUT2D eigenvalue weighted by Gasteiger charge is 2.32. The Morgan fingerprint density at radius 2 is 0.560 bits per heavy atom. The van der Waals surface area contributed by atoms with E-state index < -0.39 is 0 Å². The minimum Gasteiger partial charge on any atom is -0.307 e. The number of para-hydroxylation sites is 2. The normalized spacial score (nSPS) is 12.4. The molecular formula is C80H74F2N2. The van der Waals surface area contributed by atoms with E-state index in [4.69, 9.17) is 0 Å². The highest BCUT2D eigenvalue weighted by Crippen LogP contribution is 2.54. The van der Waals surface area contributed by atoms with Crippen LogP contribution in [0.1, 0.15) is 105 Å². The molecule has 0 spiro atoms. The first-order valence-corrected chi connectivity index (χ1v) is 29.6. The van der Waals surface area contributed by atoms with Gasteiger partial charge in [-0.15, -0.1) is 0 Å². The molecule has 12 aromatic carbocycles. The highest BCUT2D eigenvalue weighted by atomic mass is 19.1. The second kappa shape index (κ2) is 21.1. The third kappa shape index (κ3) is 10.00. The number of nitrogens with zero attached hydrogens (tertiary/aromatic N) is 2. The van der Waals surface area contributed by atoms with Crippen molar-refractivity contribution in [3.05, 3.63) is 264 Å². The molecule has 84 heavy (non-hydrogen) atoms. The molecule has 0 saturated carbocycles. The van der Waals surface area contributed by atoms with E-state index in [0.717, 1.165) is 122 Å². The van der Waals surface area contributed by atoms with E-state index in [-0.39, 0.29) is 33.3 Å². The fourth-order valence-corrected chi connectivity index (χ4v) is 13.0. The Morgan fingerprint density at radius 1 is 0.274 bits per heavy atom. The molecule has 12 aromatic rings. The second-order valence-corrected chi connectivity index (χ2v) is 26.8. The van der Waals surface area contributed by atoms with Crippen LogP contribution in [-0.2, 0) is 21.7 Å². The van der Waals surface area contributed by atoms with Gasteiger partial charge in [0.1, 0.15) is 11.6 Å². The van der Waals surface area contributed by atoms with Crippen LogP contribution in [0, 0.1) is 11.6 Å². The number of halogens is 2. The van der Waals surface area contributed by atoms with Crippen LogP contribution in [0.2, 0.25) is 0 Å². The zero-order valence-electron chi connectivity index (χ0n) is 50.6. The molecule has 0 bridgehead atoms. The largest absolute Gasteiger partial charge is 0.307 e. The summed E-state index contributed by atoms with van der Waals surface area (Å²) in [4.78, 5) is 4.28. The molecule has 0 atom stereocenters. The van der Waals surface area contributed by atoms with Gasteiger partial charge in [-0.1, -0.05) is 253 Å². The van der Waals surface area contributed by atoms with Crippen molar-refractivity contribution in [2.75, 3.05) is 9.80 Å². The molecule has 0 aromatic heterocycles. The van der Waals surface area contributed by atoms with Crippen molar-refractivity contribution in [3.63, 3.8) is 0 Å². The van der Waals surface area contributed by atoms with E-state index in [0.29, 0.717) is 11.4 Å². The maximum atomic E-state index is 18.6. The fourth-order valence-electron chi connectivity index (χ4n) is 13.0. The quantitative estimate of drug-likeness (QED) is 0.126. The molecular weight excluding hydrogens is 1030 g/mol. The number of anilines is 6. The molecule has 0 radical (unpaired) electrons. The first kappa shape index (κ1) is 55.7. The van der Waals surface area contributed by atoms with Gasteiger partial charge in [-0.05, 0) is 160 Å². The van der Waals surface area contributed by atoms with E-state index in [2.05, 4.69) is 275 Å². The lowest BCUT2D eigenvalue weighted by molar-refractivity contribution is 0.591. The van der Waals surface area contributed by atoms with Crippen molar-refractivity contribution in [3.8, 4) is 44.5 Å². The monoisotopic (exact) mass is 1100 g/mol. The summed E-state index contributed by atoms with van der Waals surface area (Å²) in [5, 5.41) is 6.09. The topological polar surface area (TPSA) is 6.48 Å². The van der Waals surface area contributed by atoms with E-state index in [1.807, 2.05) is 36.4 Å². The van der Waals surface area contributed by atoms with Gasteiger partial charge in [0.25, 0.3) is 0 Å². The van der Waals surface area contributed by atoms with E-state index in [9.17, 15) is 0 Å². The third-order valence-electron chi connectivity index (χ3n) is 16.8. The van der Waals surface area contributed by atoms with E-state index >= 15 is 8.78 Å². The van der Waals surface area contributed by atoms with Crippen LogP contribution >= 0.6 is 0 Å². The summed E-state index contributed by atoms with van der Waals surface area (Å²) >= 11 is 0. The Kier molecular flexibility index (Phi) is 14.0. The zero-order chi connectivity index (χ0) is 59.0. The molecule has 0 aliphatic rings. The van der Waals surface area contributed by atoms with Gasteiger partial charge in [0.2, 0.25) is 0 Å². The zero-order valence-corrected chi connectivity index (χ0v) is 50.6. The Hall–Kier alpha value is -8.86. The minimum absolute atomic E-state index is 0.192. The SMILES string of the molecule is CC(C)(C)c1ccccc1-c1cc(F)c(N(c2ccccc2)c2ccc3ccc4c(N(c5ccccc5)c5c(F)cc(-c6ccccc6C(C)(C)C)cc5-c5ccccc5C(C)(C)C)ccc5ccc2c3c54)c(-c2ccccc2C(C)(C)C)c1. The van der Waals surface area contributed by atoms with Crippen molar-refractivity contribution < 1.29 is 8.78 Å². The number of hydrogen-bond acceptors (Lipinski definition) is 2. The summed E-state index contributed by atoms with van der Waals surface area (Å²) in [5.41, 5.74) is 15.1. The predicted molar refractivity (Wildman–Crippen MR) is 356 cm³/mol. The number of benzene rings is 12. The van der Waals surface area contributed by atoms with Crippen molar-refractivity contribution in [2.45, 2.75) is 105 Å². The van der Waals surface area contributed by atoms with Crippen LogP contribution in [0.4, 0.5) is 42.9 Å². The Labute approximate surface area is 496 Å². The smallest absolute Gasteiger partial charge is 0.148 e. The van der Waals surface area contributed by atoms with Crippen LogP contribution < -0.4 is 9.80 Å². The summed E-state index contributed by atoms with van der Waals surface area (Å²) in [7, 11) is 0. The van der Waals surface area contributed by atoms with Gasteiger partial charge in [-0.25, -0.2) is 8.78 Å². The van der Waals surface area contributed by atoms with Gasteiger partial charge >= 0.3 is 0 Å². The molecule has 2 nitrogen and oxygen atoms in total. The van der Waals surface area contributed by atoms with Crippen molar-refractivity contribution in [1.82, 2.24) is 0 Å². The van der Waals surface area contributed by atoms with Crippen molar-refractivity contribution >= 4 is 66.4 Å². The lowest BCUT2D eigenvalue weighted by Gasteiger charge is -2.33. The van der Waals surface area contributed by atoms with Gasteiger partial charge in [-0.2, -0.15) is 0 Å². The maximum Gasteiger partial charge on any atom is 0.148 e. The molecule has 12 rings (SSSR count). The minimum atomic E-state index is -0.330. The van der Waals surface area contributed by atoms with Gasteiger partial charge < -0.3 is 9.80 Å². The van der Waals surface area contributed by atoms with Crippen LogP contribution in [-0.4, -0.2) is 0 Å². The lowest BCUT2D eigenvalue weighted by atomic mass is 9.79. The van der Waals surface area contributed by atoms with Gasteiger partial charge in [0.15, 0.2) is 0 Å². The molecule has 4 heteroatoms. The molecule has 0 aliphatic heterocycles. The molecule has 0 fully saturated rings. The average molecular weight is 1100 g/mol. The average Bonchev–Trinajstić information content (AvgIpc) is 0.842. The predicted octanol–water partition coefficient (Wildman–Crippen LogP) is 23.7. The first-order valence-electron chi connectivity index (χ1n) is 29.6. The van der Waals surface area contributed by atoms with Gasteiger partial charge in [0, 0.05) is 33.3 Å². The summed E-state index contributed by atoms with van der Waals surface area (Å²) < 4.78 is 37.2. The third-order valence-corrected chi connectivity index (χ3v) is 16.8. The van der Waals surface area contributed by atoms with Gasteiger partial charge in [-0.3, -0.25) is 0 Å². The molecule has 418 valence electrons. The molecule has 0 unspecified atom stereocenters. The fraction of sp³-hybridized carbons (Fsp3) is 0.200. The molecule has 0 heterocycles. The summed E-state index contributed by atoms with van der Waals surface area (Å²) in [6.07, 6.45) is 0. The summed E-state index contributed by atoms with van der Waals surface area (Å²) in [5.74, 6) is -0.659. The Morgan fingerprint density at radius 3 is 0.893 bits per heavy atom. The Bertz CT molecular complexity index is 4150. The second-order valence-electron chi connectivity index (χ2n) is 26.8. The van der Waals surface area contributed by atoms with Gasteiger partial charge in [0.05, 0.1) is 22.7 Å². The van der Waals surface area contributed by atoms with Crippen LogP contribution in [0.5, 0.6) is 0 Å². The van der Waals surface area contributed by atoms with Crippen molar-refractivity contribution in [1.29, 1.82) is 0 Å². The molecule has 0 amide bonds. The molecule has 0 N–H and O–H groups in total. The number of rotatable bonds is 10. The molecule has 0 saturated heterocycles. The van der Waals surface area contributed by atoms with E-state index in [1.165, 1.54) is 0 Å². The standard InChI is InChI=1S/C80H74F2N2/c1-77(2,3)65-35-23-19-31-57(65)53-47-63(59-33-21-25-37-67(59)79(7,8)9)75(69(81)49-53)83(55-27-15-13-16-28-55)71-45-41-51-40-44-62-72(46-42-52-39-43-61(71)73(51)74(52)62)84(56-29-17-14-18-30-56)76-64(60-34-22-26-38-68(60)80(10,11)12)48-54(50-70(76)82)58-32-20-24-36-66(58)78(4,5)6/h13-50H,1-12H3. The molecule has 0 aliphatic carbocycles.